The Labute approximate surface area is 156 Å². The van der Waals surface area contributed by atoms with E-state index in [9.17, 15) is 18.5 Å². The fourth-order valence-corrected chi connectivity index (χ4v) is 3.98. The standard InChI is InChI=1S/C16H21N5O5S/c1-11-14(12(2)26-18-11)10-19-5-7-20(8-6-19)15-4-3-13(21(22)23)9-16(15)27(17,24)25/h3-4,9H,5-8,10H2,1-2H3,(H2,17,24,25). The smallest absolute Gasteiger partial charge is 0.270 e. The summed E-state index contributed by atoms with van der Waals surface area (Å²) in [5.74, 6) is 0.793. The molecule has 0 spiro atoms. The van der Waals surface area contributed by atoms with Crippen LogP contribution in [0.4, 0.5) is 11.4 Å². The number of hydrogen-bond donors (Lipinski definition) is 1. The number of nitrogens with zero attached hydrogens (tertiary/aromatic N) is 4. The SMILES string of the molecule is Cc1noc(C)c1CN1CCN(c2ccc([N+](=O)[O-])cc2S(N)(=O)=O)CC1. The van der Waals surface area contributed by atoms with Crippen molar-refractivity contribution in [2.24, 2.45) is 5.14 Å². The van der Waals surface area contributed by atoms with Crippen molar-refractivity contribution in [2.75, 3.05) is 31.1 Å². The van der Waals surface area contributed by atoms with Crippen LogP contribution in [0.1, 0.15) is 17.0 Å². The molecule has 0 atom stereocenters. The van der Waals surface area contributed by atoms with Gasteiger partial charge in [0.05, 0.1) is 16.3 Å². The van der Waals surface area contributed by atoms with E-state index in [0.717, 1.165) is 23.1 Å². The average molecular weight is 395 g/mol. The molecule has 2 N–H and O–H groups in total. The predicted octanol–water partition coefficient (Wildman–Crippen LogP) is 1.17. The molecule has 0 aliphatic carbocycles. The normalized spacial score (nSPS) is 15.9. The lowest BCUT2D eigenvalue weighted by atomic mass is 10.1. The Morgan fingerprint density at radius 3 is 2.44 bits per heavy atom. The summed E-state index contributed by atoms with van der Waals surface area (Å²) in [6.45, 7) is 7.03. The molecule has 1 aromatic carbocycles. The van der Waals surface area contributed by atoms with Crippen LogP contribution in [0.2, 0.25) is 0 Å². The number of non-ortho nitro benzene ring substituents is 1. The van der Waals surface area contributed by atoms with Crippen LogP contribution < -0.4 is 10.0 Å². The first-order valence-electron chi connectivity index (χ1n) is 8.37. The molecule has 1 saturated heterocycles. The van der Waals surface area contributed by atoms with E-state index in [-0.39, 0.29) is 10.6 Å². The molecule has 146 valence electrons. The van der Waals surface area contributed by atoms with Crippen LogP contribution >= 0.6 is 0 Å². The third-order valence-electron chi connectivity index (χ3n) is 4.74. The molecule has 1 aromatic heterocycles. The van der Waals surface area contributed by atoms with E-state index >= 15 is 0 Å². The molecule has 0 saturated carbocycles. The number of benzene rings is 1. The van der Waals surface area contributed by atoms with Gasteiger partial charge in [-0.15, -0.1) is 0 Å². The van der Waals surface area contributed by atoms with Crippen molar-refractivity contribution in [3.63, 3.8) is 0 Å². The second kappa shape index (κ2) is 7.25. The Kier molecular flexibility index (Phi) is 5.18. The van der Waals surface area contributed by atoms with Crippen molar-refractivity contribution in [3.8, 4) is 0 Å². The fraction of sp³-hybridized carbons (Fsp3) is 0.438. The van der Waals surface area contributed by atoms with Crippen LogP contribution in [0.3, 0.4) is 0 Å². The largest absolute Gasteiger partial charge is 0.368 e. The highest BCUT2D eigenvalue weighted by Crippen LogP contribution is 2.29. The number of nitro groups is 1. The quantitative estimate of drug-likeness (QED) is 0.588. The number of primary sulfonamides is 1. The average Bonchev–Trinajstić information content (AvgIpc) is 2.93. The maximum Gasteiger partial charge on any atom is 0.270 e. The fourth-order valence-electron chi connectivity index (χ4n) is 3.20. The molecule has 1 aliphatic heterocycles. The van der Waals surface area contributed by atoms with Crippen LogP contribution in [0, 0.1) is 24.0 Å². The number of hydrogen-bond acceptors (Lipinski definition) is 8. The topological polar surface area (TPSA) is 136 Å². The second-order valence-electron chi connectivity index (χ2n) is 6.52. The molecule has 3 rings (SSSR count). The molecule has 2 aromatic rings. The maximum atomic E-state index is 11.9. The summed E-state index contributed by atoms with van der Waals surface area (Å²) in [4.78, 5) is 14.2. The van der Waals surface area contributed by atoms with Crippen molar-refractivity contribution >= 4 is 21.4 Å². The minimum Gasteiger partial charge on any atom is -0.368 e. The number of rotatable bonds is 5. The summed E-state index contributed by atoms with van der Waals surface area (Å²) in [7, 11) is -4.08. The van der Waals surface area contributed by atoms with E-state index in [0.29, 0.717) is 38.4 Å². The van der Waals surface area contributed by atoms with Gasteiger partial charge in [-0.25, -0.2) is 13.6 Å². The van der Waals surface area contributed by atoms with E-state index in [1.54, 1.807) is 0 Å². The second-order valence-corrected chi connectivity index (χ2v) is 8.05. The van der Waals surface area contributed by atoms with Crippen LogP contribution in [-0.4, -0.2) is 49.6 Å². The van der Waals surface area contributed by atoms with Crippen LogP contribution in [0.25, 0.3) is 0 Å². The van der Waals surface area contributed by atoms with Crippen LogP contribution in [0.5, 0.6) is 0 Å². The Hall–Kier alpha value is -2.50. The number of anilines is 1. The first kappa shape index (κ1) is 19.3. The number of aryl methyl sites for hydroxylation is 2. The molecular formula is C16H21N5O5S. The van der Waals surface area contributed by atoms with E-state index in [2.05, 4.69) is 10.1 Å². The van der Waals surface area contributed by atoms with Gasteiger partial charge in [0.15, 0.2) is 0 Å². The van der Waals surface area contributed by atoms with E-state index in [1.807, 2.05) is 18.7 Å². The zero-order valence-electron chi connectivity index (χ0n) is 15.1. The Morgan fingerprint density at radius 1 is 1.26 bits per heavy atom. The van der Waals surface area contributed by atoms with E-state index in [1.165, 1.54) is 12.1 Å². The molecule has 0 unspecified atom stereocenters. The van der Waals surface area contributed by atoms with Crippen molar-refractivity contribution in [1.29, 1.82) is 0 Å². The zero-order valence-corrected chi connectivity index (χ0v) is 15.9. The van der Waals surface area contributed by atoms with Gasteiger partial charge in [-0.05, 0) is 19.9 Å². The summed E-state index contributed by atoms with van der Waals surface area (Å²) in [5, 5.41) is 20.2. The Balaban J connectivity index is 1.77. The molecule has 1 aliphatic rings. The minimum atomic E-state index is -4.08. The molecule has 0 bridgehead atoms. The first-order chi connectivity index (χ1) is 12.7. The third-order valence-corrected chi connectivity index (χ3v) is 5.68. The van der Waals surface area contributed by atoms with Gasteiger partial charge >= 0.3 is 0 Å². The lowest BCUT2D eigenvalue weighted by Crippen LogP contribution is -2.46. The molecule has 27 heavy (non-hydrogen) atoms. The highest BCUT2D eigenvalue weighted by atomic mass is 32.2. The molecule has 10 nitrogen and oxygen atoms in total. The Morgan fingerprint density at radius 2 is 1.93 bits per heavy atom. The number of nitro benzene ring substituents is 1. The van der Waals surface area contributed by atoms with Gasteiger partial charge in [0.2, 0.25) is 10.0 Å². The molecule has 1 fully saturated rings. The van der Waals surface area contributed by atoms with E-state index < -0.39 is 14.9 Å². The third kappa shape index (κ3) is 4.10. The number of sulfonamides is 1. The molecule has 0 radical (unpaired) electrons. The van der Waals surface area contributed by atoms with Gasteiger partial charge in [0.25, 0.3) is 5.69 Å². The monoisotopic (exact) mass is 395 g/mol. The van der Waals surface area contributed by atoms with E-state index in [4.69, 9.17) is 9.66 Å². The number of aromatic nitrogens is 1. The van der Waals surface area contributed by atoms with Gasteiger partial charge in [0, 0.05) is 50.4 Å². The van der Waals surface area contributed by atoms with Crippen molar-refractivity contribution in [3.05, 3.63) is 45.3 Å². The van der Waals surface area contributed by atoms with Gasteiger partial charge in [0.1, 0.15) is 10.7 Å². The zero-order chi connectivity index (χ0) is 19.8. The summed E-state index contributed by atoms with van der Waals surface area (Å²) in [5.41, 5.74) is 2.01. The molecule has 0 amide bonds. The lowest BCUT2D eigenvalue weighted by molar-refractivity contribution is -0.385. The minimum absolute atomic E-state index is 0.226. The number of nitrogens with two attached hydrogens (primary N) is 1. The van der Waals surface area contributed by atoms with Crippen molar-refractivity contribution in [2.45, 2.75) is 25.3 Å². The number of piperazine rings is 1. The van der Waals surface area contributed by atoms with Gasteiger partial charge < -0.3 is 9.42 Å². The summed E-state index contributed by atoms with van der Waals surface area (Å²) in [6, 6.07) is 3.75. The summed E-state index contributed by atoms with van der Waals surface area (Å²) in [6.07, 6.45) is 0. The predicted molar refractivity (Wildman–Crippen MR) is 97.9 cm³/mol. The lowest BCUT2D eigenvalue weighted by Gasteiger charge is -2.36. The highest BCUT2D eigenvalue weighted by molar-refractivity contribution is 7.89. The van der Waals surface area contributed by atoms with Crippen LogP contribution in [0.15, 0.2) is 27.6 Å². The Bertz CT molecular complexity index is 944. The van der Waals surface area contributed by atoms with Gasteiger partial charge in [-0.3, -0.25) is 15.0 Å². The first-order valence-corrected chi connectivity index (χ1v) is 9.91. The van der Waals surface area contributed by atoms with Gasteiger partial charge in [-0.2, -0.15) is 0 Å². The highest BCUT2D eigenvalue weighted by Gasteiger charge is 2.26. The summed E-state index contributed by atoms with van der Waals surface area (Å²) < 4.78 is 29.0. The molecular weight excluding hydrogens is 374 g/mol. The maximum absolute atomic E-state index is 11.9. The van der Waals surface area contributed by atoms with Gasteiger partial charge in [-0.1, -0.05) is 5.16 Å². The van der Waals surface area contributed by atoms with Crippen molar-refractivity contribution < 1.29 is 17.9 Å². The van der Waals surface area contributed by atoms with Crippen molar-refractivity contribution in [1.82, 2.24) is 10.1 Å². The molecule has 2 heterocycles. The van der Waals surface area contributed by atoms with Crippen LogP contribution in [-0.2, 0) is 16.6 Å². The summed E-state index contributed by atoms with van der Waals surface area (Å²) >= 11 is 0. The molecule has 11 heteroatoms.